The minimum Gasteiger partial charge on any atom is -0.349 e. The van der Waals surface area contributed by atoms with Crippen molar-refractivity contribution in [2.45, 2.75) is 57.1 Å². The Labute approximate surface area is 122 Å². The van der Waals surface area contributed by atoms with Crippen LogP contribution in [0.2, 0.25) is 0 Å². The molecule has 1 aromatic rings. The zero-order valence-electron chi connectivity index (χ0n) is 12.6. The summed E-state index contributed by atoms with van der Waals surface area (Å²) >= 11 is 0. The van der Waals surface area contributed by atoms with Gasteiger partial charge in [0.05, 0.1) is 0 Å². The van der Waals surface area contributed by atoms with Gasteiger partial charge in [-0.05, 0) is 39.3 Å². The van der Waals surface area contributed by atoms with Gasteiger partial charge in [0.2, 0.25) is 10.0 Å². The third-order valence-corrected chi connectivity index (χ3v) is 5.86. The van der Waals surface area contributed by atoms with Crippen molar-refractivity contribution >= 4 is 10.0 Å². The Morgan fingerprint density at radius 1 is 1.45 bits per heavy atom. The highest BCUT2D eigenvalue weighted by Crippen LogP contribution is 2.27. The van der Waals surface area contributed by atoms with E-state index >= 15 is 0 Å². The van der Waals surface area contributed by atoms with Gasteiger partial charge in [-0.3, -0.25) is 0 Å². The summed E-state index contributed by atoms with van der Waals surface area (Å²) < 4.78 is 29.1. The van der Waals surface area contributed by atoms with Gasteiger partial charge in [-0.2, -0.15) is 4.31 Å². The van der Waals surface area contributed by atoms with E-state index in [0.29, 0.717) is 18.0 Å². The molecule has 0 radical (unpaired) electrons. The van der Waals surface area contributed by atoms with Crippen LogP contribution in [0.25, 0.3) is 0 Å². The number of nitrogens with zero attached hydrogens (tertiary/aromatic N) is 2. The van der Waals surface area contributed by atoms with E-state index in [9.17, 15) is 8.42 Å². The van der Waals surface area contributed by atoms with E-state index in [4.69, 9.17) is 0 Å². The first kappa shape index (κ1) is 15.5. The number of sulfonamides is 1. The molecular weight excluding hydrogens is 274 g/mol. The van der Waals surface area contributed by atoms with Gasteiger partial charge < -0.3 is 9.88 Å². The third-order valence-electron chi connectivity index (χ3n) is 3.88. The summed E-state index contributed by atoms with van der Waals surface area (Å²) in [6.45, 7) is 6.26. The number of nitrogens with one attached hydrogen (secondary N) is 1. The number of rotatable bonds is 6. The van der Waals surface area contributed by atoms with Crippen molar-refractivity contribution in [1.29, 1.82) is 0 Å². The highest BCUT2D eigenvalue weighted by atomic mass is 32.2. The lowest BCUT2D eigenvalue weighted by Gasteiger charge is -2.19. The molecule has 1 aromatic heterocycles. The van der Waals surface area contributed by atoms with Gasteiger partial charge in [-0.15, -0.1) is 0 Å². The fraction of sp³-hybridized carbons (Fsp3) is 0.714. The second-order valence-electron chi connectivity index (χ2n) is 5.50. The molecule has 2 rings (SSSR count). The molecular formula is C14H25N3O2S. The molecule has 1 saturated heterocycles. The van der Waals surface area contributed by atoms with Gasteiger partial charge in [0.1, 0.15) is 4.90 Å². The number of aromatic nitrogens is 1. The standard InChI is InChI=1S/C14H25N3O2S/c1-4-7-16-11-14(9-13(16)10-15-3)20(18,19)17-8-5-6-12(17)2/h9,11-12,15H,4-8,10H2,1-3H3. The lowest BCUT2D eigenvalue weighted by atomic mass is 10.3. The summed E-state index contributed by atoms with van der Waals surface area (Å²) in [6, 6.07) is 1.93. The van der Waals surface area contributed by atoms with E-state index in [2.05, 4.69) is 12.2 Å². The summed E-state index contributed by atoms with van der Waals surface area (Å²) in [7, 11) is -1.47. The lowest BCUT2D eigenvalue weighted by Crippen LogP contribution is -2.33. The minimum absolute atomic E-state index is 0.113. The van der Waals surface area contributed by atoms with Crippen molar-refractivity contribution < 1.29 is 8.42 Å². The molecule has 0 saturated carbocycles. The Bertz CT molecular complexity index is 527. The fourth-order valence-corrected chi connectivity index (χ4v) is 4.61. The third kappa shape index (κ3) is 2.92. The van der Waals surface area contributed by atoms with E-state index in [-0.39, 0.29) is 6.04 Å². The van der Waals surface area contributed by atoms with E-state index in [0.717, 1.165) is 31.5 Å². The predicted molar refractivity (Wildman–Crippen MR) is 80.1 cm³/mol. The first-order valence-corrected chi connectivity index (χ1v) is 8.80. The van der Waals surface area contributed by atoms with Crippen molar-refractivity contribution in [2.24, 2.45) is 0 Å². The van der Waals surface area contributed by atoms with Crippen LogP contribution in [0.3, 0.4) is 0 Å². The average molecular weight is 299 g/mol. The molecule has 0 amide bonds. The molecule has 114 valence electrons. The highest BCUT2D eigenvalue weighted by Gasteiger charge is 2.33. The van der Waals surface area contributed by atoms with Gasteiger partial charge >= 0.3 is 0 Å². The zero-order valence-corrected chi connectivity index (χ0v) is 13.4. The Morgan fingerprint density at radius 3 is 2.75 bits per heavy atom. The van der Waals surface area contributed by atoms with Crippen LogP contribution in [0.4, 0.5) is 0 Å². The van der Waals surface area contributed by atoms with Crippen LogP contribution in [-0.4, -0.2) is 36.9 Å². The van der Waals surface area contributed by atoms with Crippen LogP contribution < -0.4 is 5.32 Å². The van der Waals surface area contributed by atoms with Crippen molar-refractivity contribution in [2.75, 3.05) is 13.6 Å². The fourth-order valence-electron chi connectivity index (χ4n) is 2.84. The smallest absolute Gasteiger partial charge is 0.244 e. The van der Waals surface area contributed by atoms with Gasteiger partial charge in [0, 0.05) is 37.6 Å². The molecule has 20 heavy (non-hydrogen) atoms. The molecule has 5 nitrogen and oxygen atoms in total. The monoisotopic (exact) mass is 299 g/mol. The molecule has 0 aromatic carbocycles. The van der Waals surface area contributed by atoms with Gasteiger partial charge in [-0.25, -0.2) is 8.42 Å². The molecule has 0 spiro atoms. The maximum Gasteiger partial charge on any atom is 0.244 e. The summed E-state index contributed by atoms with van der Waals surface area (Å²) in [6.07, 6.45) is 4.69. The summed E-state index contributed by atoms with van der Waals surface area (Å²) in [5.41, 5.74) is 1.03. The van der Waals surface area contributed by atoms with Crippen LogP contribution in [0.5, 0.6) is 0 Å². The SMILES string of the molecule is CCCn1cc(S(=O)(=O)N2CCCC2C)cc1CNC. The van der Waals surface area contributed by atoms with Crippen LogP contribution >= 0.6 is 0 Å². The van der Waals surface area contributed by atoms with Crippen molar-refractivity contribution in [3.63, 3.8) is 0 Å². The van der Waals surface area contributed by atoms with Crippen molar-refractivity contribution in [1.82, 2.24) is 14.2 Å². The Morgan fingerprint density at radius 2 is 2.20 bits per heavy atom. The maximum atomic E-state index is 12.7. The van der Waals surface area contributed by atoms with Crippen LogP contribution in [0.1, 0.15) is 38.8 Å². The Kier molecular flexibility index (Phi) is 4.88. The van der Waals surface area contributed by atoms with Crippen molar-refractivity contribution in [3.05, 3.63) is 18.0 Å². The van der Waals surface area contributed by atoms with E-state index in [1.54, 1.807) is 10.5 Å². The topological polar surface area (TPSA) is 54.3 Å². The van der Waals surface area contributed by atoms with Gasteiger partial charge in [-0.1, -0.05) is 6.92 Å². The maximum absolute atomic E-state index is 12.7. The normalized spacial score (nSPS) is 20.6. The number of aryl methyl sites for hydroxylation is 1. The lowest BCUT2D eigenvalue weighted by molar-refractivity contribution is 0.408. The largest absolute Gasteiger partial charge is 0.349 e. The van der Waals surface area contributed by atoms with E-state index < -0.39 is 10.0 Å². The minimum atomic E-state index is -3.34. The molecule has 0 bridgehead atoms. The molecule has 1 atom stereocenters. The second-order valence-corrected chi connectivity index (χ2v) is 7.39. The summed E-state index contributed by atoms with van der Waals surface area (Å²) in [5.74, 6) is 0. The first-order valence-electron chi connectivity index (χ1n) is 7.36. The van der Waals surface area contributed by atoms with Crippen LogP contribution in [0.15, 0.2) is 17.2 Å². The molecule has 1 unspecified atom stereocenters. The number of hydrogen-bond acceptors (Lipinski definition) is 3. The molecule has 2 heterocycles. The van der Waals surface area contributed by atoms with Gasteiger partial charge in [0.15, 0.2) is 0 Å². The Hall–Kier alpha value is -0.850. The highest BCUT2D eigenvalue weighted by molar-refractivity contribution is 7.89. The molecule has 0 aliphatic carbocycles. The predicted octanol–water partition coefficient (Wildman–Crippen LogP) is 1.79. The average Bonchev–Trinajstić information content (AvgIpc) is 2.98. The van der Waals surface area contributed by atoms with E-state index in [1.807, 2.05) is 24.6 Å². The Balaban J connectivity index is 2.34. The van der Waals surface area contributed by atoms with E-state index in [1.165, 1.54) is 0 Å². The van der Waals surface area contributed by atoms with Crippen LogP contribution in [0, 0.1) is 0 Å². The van der Waals surface area contributed by atoms with Crippen molar-refractivity contribution in [3.8, 4) is 0 Å². The van der Waals surface area contributed by atoms with Gasteiger partial charge in [0.25, 0.3) is 0 Å². The molecule has 1 aliphatic rings. The second kappa shape index (κ2) is 6.28. The molecule has 1 aliphatic heterocycles. The quantitative estimate of drug-likeness (QED) is 0.871. The summed E-state index contributed by atoms with van der Waals surface area (Å²) in [5, 5.41) is 3.10. The molecule has 6 heteroatoms. The van der Waals surface area contributed by atoms with Crippen LogP contribution in [-0.2, 0) is 23.1 Å². The molecule has 1 N–H and O–H groups in total. The molecule has 1 fully saturated rings. The number of hydrogen-bond donors (Lipinski definition) is 1. The summed E-state index contributed by atoms with van der Waals surface area (Å²) in [4.78, 5) is 0.435. The zero-order chi connectivity index (χ0) is 14.8. The first-order chi connectivity index (χ1) is 9.50.